The Morgan fingerprint density at radius 1 is 1.30 bits per heavy atom. The van der Waals surface area contributed by atoms with Crippen molar-refractivity contribution in [1.82, 2.24) is 0 Å². The highest BCUT2D eigenvalue weighted by Crippen LogP contribution is 2.07. The summed E-state index contributed by atoms with van der Waals surface area (Å²) in [5, 5.41) is 0. The Labute approximate surface area is 64.6 Å². The maximum Gasteiger partial charge on any atom is -0.0326 e. The van der Waals surface area contributed by atoms with Gasteiger partial charge in [-0.3, -0.25) is 0 Å². The summed E-state index contributed by atoms with van der Waals surface area (Å²) in [6.45, 7) is 9.62. The third-order valence-corrected chi connectivity index (χ3v) is 1.51. The van der Waals surface area contributed by atoms with Gasteiger partial charge in [-0.15, -0.1) is 13.2 Å². The fourth-order valence-corrected chi connectivity index (χ4v) is 0.892. The predicted molar refractivity (Wildman–Crippen MR) is 48.1 cm³/mol. The molecule has 0 bridgehead atoms. The van der Waals surface area contributed by atoms with Crippen molar-refractivity contribution in [3.05, 3.63) is 24.8 Å². The molecule has 0 unspecified atom stereocenters. The van der Waals surface area contributed by atoms with E-state index in [1.54, 1.807) is 0 Å². The van der Waals surface area contributed by atoms with Gasteiger partial charge in [-0.1, -0.05) is 18.1 Å². The zero-order valence-corrected chi connectivity index (χ0v) is 7.03. The molecule has 0 N–H and O–H groups in total. The van der Waals surface area contributed by atoms with E-state index in [1.807, 2.05) is 6.08 Å². The van der Waals surface area contributed by atoms with E-state index in [0.717, 1.165) is 6.42 Å². The van der Waals surface area contributed by atoms with Crippen molar-refractivity contribution in [3.63, 3.8) is 0 Å². The average molecular weight is 138 g/mol. The molecule has 0 amide bonds. The van der Waals surface area contributed by atoms with E-state index >= 15 is 0 Å². The van der Waals surface area contributed by atoms with Gasteiger partial charge in [0.2, 0.25) is 0 Å². The molecule has 0 fully saturated rings. The van der Waals surface area contributed by atoms with Crippen molar-refractivity contribution < 1.29 is 0 Å². The van der Waals surface area contributed by atoms with Gasteiger partial charge in [-0.05, 0) is 32.6 Å². The van der Waals surface area contributed by atoms with E-state index in [1.165, 1.54) is 31.3 Å². The molecule has 0 aliphatic rings. The van der Waals surface area contributed by atoms with Gasteiger partial charge < -0.3 is 0 Å². The molecule has 0 radical (unpaired) electrons. The zero-order chi connectivity index (χ0) is 7.82. The summed E-state index contributed by atoms with van der Waals surface area (Å²) in [4.78, 5) is 0. The first-order chi connectivity index (χ1) is 4.77. The summed E-state index contributed by atoms with van der Waals surface area (Å²) in [7, 11) is 0. The highest BCUT2D eigenvalue weighted by Gasteiger charge is 1.87. The molecule has 0 rings (SSSR count). The lowest BCUT2D eigenvalue weighted by Crippen LogP contribution is -1.77. The molecule has 0 nitrogen and oxygen atoms in total. The van der Waals surface area contributed by atoms with Gasteiger partial charge in [0.05, 0.1) is 0 Å². The molecular formula is C10H18. The van der Waals surface area contributed by atoms with Crippen molar-refractivity contribution in [2.45, 2.75) is 39.0 Å². The minimum atomic E-state index is 1.16. The van der Waals surface area contributed by atoms with Crippen molar-refractivity contribution in [1.29, 1.82) is 0 Å². The SMILES string of the molecule is C=CCCCCCC(=C)C. The van der Waals surface area contributed by atoms with E-state index in [0.29, 0.717) is 0 Å². The maximum atomic E-state index is 3.85. The fraction of sp³-hybridized carbons (Fsp3) is 0.600. The second kappa shape index (κ2) is 6.60. The Hall–Kier alpha value is -0.520. The quantitative estimate of drug-likeness (QED) is 0.388. The molecule has 10 heavy (non-hydrogen) atoms. The third-order valence-electron chi connectivity index (χ3n) is 1.51. The fourth-order valence-electron chi connectivity index (χ4n) is 0.892. The Morgan fingerprint density at radius 3 is 2.50 bits per heavy atom. The number of rotatable bonds is 6. The summed E-state index contributed by atoms with van der Waals surface area (Å²) in [5.41, 5.74) is 1.30. The number of hydrogen-bond donors (Lipinski definition) is 0. The van der Waals surface area contributed by atoms with Crippen LogP contribution in [0.4, 0.5) is 0 Å². The highest BCUT2D eigenvalue weighted by atomic mass is 13.9. The van der Waals surface area contributed by atoms with Crippen LogP contribution in [0.15, 0.2) is 24.8 Å². The smallest absolute Gasteiger partial charge is 0.0326 e. The molecule has 0 aromatic heterocycles. The van der Waals surface area contributed by atoms with E-state index in [4.69, 9.17) is 0 Å². The lowest BCUT2D eigenvalue weighted by molar-refractivity contribution is 0.685. The van der Waals surface area contributed by atoms with Crippen LogP contribution in [-0.2, 0) is 0 Å². The van der Waals surface area contributed by atoms with Crippen molar-refractivity contribution in [3.8, 4) is 0 Å². The van der Waals surface area contributed by atoms with Crippen LogP contribution in [0, 0.1) is 0 Å². The predicted octanol–water partition coefficient (Wildman–Crippen LogP) is 3.70. The molecule has 0 heterocycles. The Bertz CT molecular complexity index is 101. The summed E-state index contributed by atoms with van der Waals surface area (Å²) in [5.74, 6) is 0. The molecule has 0 atom stereocenters. The minimum Gasteiger partial charge on any atom is -0.103 e. The van der Waals surface area contributed by atoms with Crippen LogP contribution in [-0.4, -0.2) is 0 Å². The topological polar surface area (TPSA) is 0 Å². The van der Waals surface area contributed by atoms with E-state index in [2.05, 4.69) is 20.1 Å². The van der Waals surface area contributed by atoms with E-state index in [-0.39, 0.29) is 0 Å². The number of allylic oxidation sites excluding steroid dienone is 2. The largest absolute Gasteiger partial charge is 0.103 e. The zero-order valence-electron chi connectivity index (χ0n) is 7.03. The van der Waals surface area contributed by atoms with Gasteiger partial charge in [-0.2, -0.15) is 0 Å². The third kappa shape index (κ3) is 7.48. The Morgan fingerprint density at radius 2 is 2.00 bits per heavy atom. The number of hydrogen-bond acceptors (Lipinski definition) is 0. The molecule has 0 aliphatic heterocycles. The lowest BCUT2D eigenvalue weighted by Gasteiger charge is -1.97. The maximum absolute atomic E-state index is 3.85. The van der Waals surface area contributed by atoms with Crippen LogP contribution in [0.25, 0.3) is 0 Å². The first kappa shape index (κ1) is 9.48. The van der Waals surface area contributed by atoms with Gasteiger partial charge >= 0.3 is 0 Å². The summed E-state index contributed by atoms with van der Waals surface area (Å²) in [6, 6.07) is 0. The van der Waals surface area contributed by atoms with E-state index < -0.39 is 0 Å². The molecule has 0 saturated carbocycles. The molecule has 0 spiro atoms. The Balaban J connectivity index is 2.90. The normalized spacial score (nSPS) is 9.30. The van der Waals surface area contributed by atoms with E-state index in [9.17, 15) is 0 Å². The summed E-state index contributed by atoms with van der Waals surface area (Å²) in [6.07, 6.45) is 8.24. The van der Waals surface area contributed by atoms with Crippen molar-refractivity contribution in [2.24, 2.45) is 0 Å². The van der Waals surface area contributed by atoms with Crippen molar-refractivity contribution >= 4 is 0 Å². The van der Waals surface area contributed by atoms with Crippen LogP contribution >= 0.6 is 0 Å². The monoisotopic (exact) mass is 138 g/mol. The van der Waals surface area contributed by atoms with Crippen LogP contribution in [0.5, 0.6) is 0 Å². The first-order valence-electron chi connectivity index (χ1n) is 4.02. The second-order valence-electron chi connectivity index (χ2n) is 2.85. The minimum absolute atomic E-state index is 1.16. The van der Waals surface area contributed by atoms with Crippen molar-refractivity contribution in [2.75, 3.05) is 0 Å². The lowest BCUT2D eigenvalue weighted by atomic mass is 10.1. The standard InChI is InChI=1S/C10H18/c1-4-5-6-7-8-9-10(2)3/h4H,1-2,5-9H2,3H3. The molecule has 58 valence electrons. The molecular weight excluding hydrogens is 120 g/mol. The average Bonchev–Trinajstić information content (AvgIpc) is 1.87. The molecule has 0 saturated heterocycles. The Kier molecular flexibility index (Phi) is 6.25. The molecule has 0 aromatic rings. The number of unbranched alkanes of at least 4 members (excludes halogenated alkanes) is 3. The first-order valence-corrected chi connectivity index (χ1v) is 4.02. The van der Waals surface area contributed by atoms with Gasteiger partial charge in [0.15, 0.2) is 0 Å². The molecule has 0 aliphatic carbocycles. The molecule has 0 aromatic carbocycles. The summed E-state index contributed by atoms with van der Waals surface area (Å²) >= 11 is 0. The van der Waals surface area contributed by atoms with Gasteiger partial charge in [0.25, 0.3) is 0 Å². The van der Waals surface area contributed by atoms with Crippen LogP contribution < -0.4 is 0 Å². The van der Waals surface area contributed by atoms with Gasteiger partial charge in [0, 0.05) is 0 Å². The van der Waals surface area contributed by atoms with Crippen LogP contribution in [0.2, 0.25) is 0 Å². The molecule has 0 heteroatoms. The van der Waals surface area contributed by atoms with Gasteiger partial charge in [0.1, 0.15) is 0 Å². The van der Waals surface area contributed by atoms with Crippen LogP contribution in [0.1, 0.15) is 39.0 Å². The van der Waals surface area contributed by atoms with Crippen LogP contribution in [0.3, 0.4) is 0 Å². The highest BCUT2D eigenvalue weighted by molar-refractivity contribution is 4.87. The second-order valence-corrected chi connectivity index (χ2v) is 2.85. The van der Waals surface area contributed by atoms with Gasteiger partial charge in [-0.25, -0.2) is 0 Å². The summed E-state index contributed by atoms with van der Waals surface area (Å²) < 4.78 is 0.